The molecule has 4 rings (SSSR count). The average molecular weight is 338 g/mol. The van der Waals surface area contributed by atoms with Gasteiger partial charge in [0.05, 0.1) is 29.3 Å². The molecule has 0 saturated carbocycles. The van der Waals surface area contributed by atoms with Crippen LogP contribution in [0.2, 0.25) is 0 Å². The fraction of sp³-hybridized carbons (Fsp3) is 0.389. The normalized spacial score (nSPS) is 15.8. The van der Waals surface area contributed by atoms with Crippen LogP contribution in [0.5, 0.6) is 0 Å². The van der Waals surface area contributed by atoms with E-state index in [1.807, 2.05) is 42.3 Å². The van der Waals surface area contributed by atoms with E-state index in [0.29, 0.717) is 5.56 Å². The highest BCUT2D eigenvalue weighted by Crippen LogP contribution is 2.14. The minimum absolute atomic E-state index is 0.0723. The maximum atomic E-state index is 12.5. The minimum Gasteiger partial charge on any atom is -0.341 e. The zero-order chi connectivity index (χ0) is 17.2. The number of nitrogens with zero attached hydrogens (tertiary/aromatic N) is 5. The number of imidazole rings is 1. The molecule has 7 heteroatoms. The number of H-pyrrole nitrogens is 1. The molecule has 0 aliphatic carbocycles. The van der Waals surface area contributed by atoms with Gasteiger partial charge in [-0.15, -0.1) is 0 Å². The molecule has 1 aromatic carbocycles. The standard InChI is InChI=1S/C18H22N6O/c1-2-24-12-14(11-19-24)18(25)23-9-7-22(8-10-23)13-17-20-15-5-3-4-6-16(15)21-17/h3-6,11-12H,2,7-10,13H2,1H3,(H,20,21). The van der Waals surface area contributed by atoms with E-state index >= 15 is 0 Å². The van der Waals surface area contributed by atoms with Gasteiger partial charge in [0.25, 0.3) is 5.91 Å². The second-order valence-corrected chi connectivity index (χ2v) is 6.35. The summed E-state index contributed by atoms with van der Waals surface area (Å²) < 4.78 is 1.78. The van der Waals surface area contributed by atoms with Crippen LogP contribution >= 0.6 is 0 Å². The summed E-state index contributed by atoms with van der Waals surface area (Å²) in [5, 5.41) is 4.19. The number of aromatic amines is 1. The molecule has 130 valence electrons. The van der Waals surface area contributed by atoms with E-state index in [1.165, 1.54) is 0 Å². The van der Waals surface area contributed by atoms with Crippen LogP contribution in [0.3, 0.4) is 0 Å². The fourth-order valence-electron chi connectivity index (χ4n) is 3.23. The maximum absolute atomic E-state index is 12.5. The third-order valence-corrected chi connectivity index (χ3v) is 4.68. The lowest BCUT2D eigenvalue weighted by Gasteiger charge is -2.34. The summed E-state index contributed by atoms with van der Waals surface area (Å²) in [5.74, 6) is 1.05. The van der Waals surface area contributed by atoms with Gasteiger partial charge >= 0.3 is 0 Å². The van der Waals surface area contributed by atoms with Gasteiger partial charge in [-0.2, -0.15) is 5.10 Å². The van der Waals surface area contributed by atoms with Crippen LogP contribution in [0.15, 0.2) is 36.7 Å². The first kappa shape index (κ1) is 15.8. The molecule has 1 aliphatic heterocycles. The predicted octanol–water partition coefficient (Wildman–Crippen LogP) is 1.74. The summed E-state index contributed by atoms with van der Waals surface area (Å²) in [6, 6.07) is 8.06. The molecule has 0 unspecified atom stereocenters. The van der Waals surface area contributed by atoms with Gasteiger partial charge in [0.2, 0.25) is 0 Å². The van der Waals surface area contributed by atoms with Crippen molar-refractivity contribution in [3.05, 3.63) is 48.0 Å². The molecule has 3 aromatic rings. The van der Waals surface area contributed by atoms with Crippen LogP contribution in [0, 0.1) is 0 Å². The second-order valence-electron chi connectivity index (χ2n) is 6.35. The van der Waals surface area contributed by atoms with Crippen LogP contribution in [-0.4, -0.2) is 61.6 Å². The molecule has 25 heavy (non-hydrogen) atoms. The first-order chi connectivity index (χ1) is 12.2. The fourth-order valence-corrected chi connectivity index (χ4v) is 3.23. The molecule has 0 spiro atoms. The van der Waals surface area contributed by atoms with Crippen molar-refractivity contribution in [2.75, 3.05) is 26.2 Å². The molecule has 0 atom stereocenters. The Balaban J connectivity index is 1.35. The number of rotatable bonds is 4. The highest BCUT2D eigenvalue weighted by molar-refractivity contribution is 5.93. The topological polar surface area (TPSA) is 70.1 Å². The smallest absolute Gasteiger partial charge is 0.257 e. The Morgan fingerprint density at radius 2 is 2.00 bits per heavy atom. The van der Waals surface area contributed by atoms with Gasteiger partial charge in [0.1, 0.15) is 5.82 Å². The van der Waals surface area contributed by atoms with E-state index in [1.54, 1.807) is 10.9 Å². The lowest BCUT2D eigenvalue weighted by Crippen LogP contribution is -2.48. The molecule has 2 aromatic heterocycles. The Labute approximate surface area is 146 Å². The molecular formula is C18H22N6O. The van der Waals surface area contributed by atoms with E-state index in [9.17, 15) is 4.79 Å². The van der Waals surface area contributed by atoms with Crippen LogP contribution in [0.4, 0.5) is 0 Å². The van der Waals surface area contributed by atoms with E-state index in [0.717, 1.165) is 56.1 Å². The molecule has 1 saturated heterocycles. The molecule has 1 fully saturated rings. The number of hydrogen-bond donors (Lipinski definition) is 1. The Kier molecular flexibility index (Phi) is 4.23. The third-order valence-electron chi connectivity index (χ3n) is 4.68. The highest BCUT2D eigenvalue weighted by Gasteiger charge is 2.23. The van der Waals surface area contributed by atoms with Crippen molar-refractivity contribution < 1.29 is 4.79 Å². The van der Waals surface area contributed by atoms with Gasteiger partial charge < -0.3 is 9.88 Å². The summed E-state index contributed by atoms with van der Waals surface area (Å²) in [7, 11) is 0. The average Bonchev–Trinajstić information content (AvgIpc) is 3.28. The first-order valence-corrected chi connectivity index (χ1v) is 8.70. The van der Waals surface area contributed by atoms with Crippen molar-refractivity contribution in [1.29, 1.82) is 0 Å². The van der Waals surface area contributed by atoms with Crippen LogP contribution in [0.25, 0.3) is 11.0 Å². The summed E-state index contributed by atoms with van der Waals surface area (Å²) in [5.41, 5.74) is 2.74. The summed E-state index contributed by atoms with van der Waals surface area (Å²) in [6.07, 6.45) is 3.48. The number of carbonyl (C=O) groups excluding carboxylic acids is 1. The number of aromatic nitrogens is 4. The van der Waals surface area contributed by atoms with Crippen molar-refractivity contribution in [2.45, 2.75) is 20.0 Å². The largest absolute Gasteiger partial charge is 0.341 e. The molecule has 1 amide bonds. The van der Waals surface area contributed by atoms with E-state index in [2.05, 4.69) is 20.0 Å². The molecule has 0 radical (unpaired) electrons. The zero-order valence-corrected chi connectivity index (χ0v) is 14.4. The molecule has 1 N–H and O–H groups in total. The van der Waals surface area contributed by atoms with Crippen LogP contribution in [-0.2, 0) is 13.1 Å². The Bertz CT molecular complexity index is 841. The maximum Gasteiger partial charge on any atom is 0.257 e. The van der Waals surface area contributed by atoms with Crippen LogP contribution in [0.1, 0.15) is 23.1 Å². The van der Waals surface area contributed by atoms with Gasteiger partial charge in [-0.05, 0) is 19.1 Å². The van der Waals surface area contributed by atoms with Gasteiger partial charge in [0, 0.05) is 38.9 Å². The Morgan fingerprint density at radius 1 is 1.20 bits per heavy atom. The number of amides is 1. The number of benzene rings is 1. The number of aryl methyl sites for hydroxylation is 1. The monoisotopic (exact) mass is 338 g/mol. The van der Waals surface area contributed by atoms with Crippen molar-refractivity contribution in [3.63, 3.8) is 0 Å². The molecule has 3 heterocycles. The number of carbonyl (C=O) groups is 1. The van der Waals surface area contributed by atoms with Gasteiger partial charge in [-0.25, -0.2) is 4.98 Å². The van der Waals surface area contributed by atoms with Gasteiger partial charge in [-0.3, -0.25) is 14.4 Å². The first-order valence-electron chi connectivity index (χ1n) is 8.70. The molecular weight excluding hydrogens is 316 g/mol. The predicted molar refractivity (Wildman–Crippen MR) is 95.2 cm³/mol. The van der Waals surface area contributed by atoms with Crippen molar-refractivity contribution in [1.82, 2.24) is 29.5 Å². The second kappa shape index (κ2) is 6.68. The number of nitrogens with one attached hydrogen (secondary N) is 1. The lowest BCUT2D eigenvalue weighted by atomic mass is 10.2. The Morgan fingerprint density at radius 3 is 2.72 bits per heavy atom. The van der Waals surface area contributed by atoms with Crippen molar-refractivity contribution >= 4 is 16.9 Å². The lowest BCUT2D eigenvalue weighted by molar-refractivity contribution is 0.0626. The number of hydrogen-bond acceptors (Lipinski definition) is 4. The summed E-state index contributed by atoms with van der Waals surface area (Å²) in [6.45, 7) is 6.74. The number of fused-ring (bicyclic) bond motifs is 1. The molecule has 7 nitrogen and oxygen atoms in total. The molecule has 1 aliphatic rings. The molecule has 0 bridgehead atoms. The van der Waals surface area contributed by atoms with Crippen molar-refractivity contribution in [3.8, 4) is 0 Å². The van der Waals surface area contributed by atoms with Crippen LogP contribution < -0.4 is 0 Å². The number of para-hydroxylation sites is 2. The van der Waals surface area contributed by atoms with E-state index in [-0.39, 0.29) is 5.91 Å². The van der Waals surface area contributed by atoms with Crippen molar-refractivity contribution in [2.24, 2.45) is 0 Å². The van der Waals surface area contributed by atoms with E-state index in [4.69, 9.17) is 0 Å². The highest BCUT2D eigenvalue weighted by atomic mass is 16.2. The Hall–Kier alpha value is -2.67. The third kappa shape index (κ3) is 3.28. The summed E-state index contributed by atoms with van der Waals surface area (Å²) >= 11 is 0. The van der Waals surface area contributed by atoms with Gasteiger partial charge in [0.15, 0.2) is 0 Å². The minimum atomic E-state index is 0.0723. The SMILES string of the molecule is CCn1cc(C(=O)N2CCN(Cc3nc4ccccc4[nH]3)CC2)cn1. The van der Waals surface area contributed by atoms with Gasteiger partial charge in [-0.1, -0.05) is 12.1 Å². The van der Waals surface area contributed by atoms with E-state index < -0.39 is 0 Å². The quantitative estimate of drug-likeness (QED) is 0.787. The summed E-state index contributed by atoms with van der Waals surface area (Å²) in [4.78, 5) is 24.8. The number of piperazine rings is 1. The zero-order valence-electron chi connectivity index (χ0n) is 14.4.